The maximum Gasteiger partial charge on any atom is 0.236 e. The zero-order chi connectivity index (χ0) is 13.4. The van der Waals surface area contributed by atoms with E-state index in [1.165, 1.54) is 29.7 Å². The Morgan fingerprint density at radius 2 is 2.21 bits per heavy atom. The molecule has 4 nitrogen and oxygen atoms in total. The molecule has 4 heteroatoms. The normalized spacial score (nSPS) is 23.4. The van der Waals surface area contributed by atoms with Crippen LogP contribution in [0.5, 0.6) is 0 Å². The van der Waals surface area contributed by atoms with E-state index < -0.39 is 0 Å². The Morgan fingerprint density at radius 3 is 2.89 bits per heavy atom. The first kappa shape index (κ1) is 12.5. The van der Waals surface area contributed by atoms with E-state index in [0.717, 1.165) is 19.0 Å². The standard InChI is InChI=1S/C15H21N3O/c1-10-2-5-12(8-13(10)11-3-4-11)18-7-6-17-14(9-18)15(16)19/h2,5,8,11,14,17H,3-4,6-7,9H2,1H3,(H2,16,19)/t14-/m0/s1. The van der Waals surface area contributed by atoms with Crippen molar-refractivity contribution in [1.29, 1.82) is 0 Å². The lowest BCUT2D eigenvalue weighted by atomic mass is 10.0. The number of amides is 1. The van der Waals surface area contributed by atoms with Crippen LogP contribution in [0.2, 0.25) is 0 Å². The summed E-state index contributed by atoms with van der Waals surface area (Å²) in [5.41, 5.74) is 9.47. The number of nitrogens with zero attached hydrogens (tertiary/aromatic N) is 1. The van der Waals surface area contributed by atoms with E-state index in [-0.39, 0.29) is 11.9 Å². The van der Waals surface area contributed by atoms with Crippen molar-refractivity contribution in [2.45, 2.75) is 31.7 Å². The van der Waals surface area contributed by atoms with Gasteiger partial charge in [-0.3, -0.25) is 4.79 Å². The van der Waals surface area contributed by atoms with Crippen molar-refractivity contribution < 1.29 is 4.79 Å². The first-order valence-corrected chi connectivity index (χ1v) is 7.03. The summed E-state index contributed by atoms with van der Waals surface area (Å²) in [4.78, 5) is 13.6. The lowest BCUT2D eigenvalue weighted by Gasteiger charge is -2.34. The molecule has 1 aliphatic heterocycles. The molecular formula is C15H21N3O. The summed E-state index contributed by atoms with van der Waals surface area (Å²) in [7, 11) is 0. The molecule has 3 N–H and O–H groups in total. The summed E-state index contributed by atoms with van der Waals surface area (Å²) in [6, 6.07) is 6.42. The quantitative estimate of drug-likeness (QED) is 0.855. The molecule has 1 aromatic carbocycles. The third kappa shape index (κ3) is 2.59. The topological polar surface area (TPSA) is 58.4 Å². The summed E-state index contributed by atoms with van der Waals surface area (Å²) < 4.78 is 0. The number of benzene rings is 1. The summed E-state index contributed by atoms with van der Waals surface area (Å²) in [5, 5.41) is 3.16. The van der Waals surface area contributed by atoms with Crippen LogP contribution in [-0.2, 0) is 4.79 Å². The van der Waals surface area contributed by atoms with Crippen molar-refractivity contribution in [3.63, 3.8) is 0 Å². The van der Waals surface area contributed by atoms with Gasteiger partial charge in [0.05, 0.1) is 0 Å². The summed E-state index contributed by atoms with van der Waals surface area (Å²) >= 11 is 0. The van der Waals surface area contributed by atoms with Gasteiger partial charge >= 0.3 is 0 Å². The zero-order valence-corrected chi connectivity index (χ0v) is 11.4. The first-order valence-electron chi connectivity index (χ1n) is 7.03. The van der Waals surface area contributed by atoms with Crippen molar-refractivity contribution in [2.75, 3.05) is 24.5 Å². The Hall–Kier alpha value is -1.55. The Balaban J connectivity index is 1.81. The highest BCUT2D eigenvalue weighted by atomic mass is 16.1. The lowest BCUT2D eigenvalue weighted by Crippen LogP contribution is -2.56. The predicted molar refractivity (Wildman–Crippen MR) is 76.4 cm³/mol. The fourth-order valence-corrected chi connectivity index (χ4v) is 2.83. The van der Waals surface area contributed by atoms with E-state index in [9.17, 15) is 4.79 Å². The number of aryl methyl sites for hydroxylation is 1. The van der Waals surface area contributed by atoms with Crippen molar-refractivity contribution in [3.8, 4) is 0 Å². The van der Waals surface area contributed by atoms with Gasteiger partial charge in [0.15, 0.2) is 0 Å². The van der Waals surface area contributed by atoms with Crippen LogP contribution in [0.15, 0.2) is 18.2 Å². The van der Waals surface area contributed by atoms with Crippen LogP contribution in [0, 0.1) is 6.92 Å². The second-order valence-electron chi connectivity index (χ2n) is 5.67. The number of hydrogen-bond donors (Lipinski definition) is 2. The molecular weight excluding hydrogens is 238 g/mol. The average molecular weight is 259 g/mol. The lowest BCUT2D eigenvalue weighted by molar-refractivity contribution is -0.120. The van der Waals surface area contributed by atoms with E-state index >= 15 is 0 Å². The van der Waals surface area contributed by atoms with Crippen molar-refractivity contribution >= 4 is 11.6 Å². The van der Waals surface area contributed by atoms with Crippen LogP contribution in [0.3, 0.4) is 0 Å². The molecule has 1 atom stereocenters. The van der Waals surface area contributed by atoms with Crippen molar-refractivity contribution in [3.05, 3.63) is 29.3 Å². The number of piperazine rings is 1. The van der Waals surface area contributed by atoms with Gasteiger partial charge in [0.25, 0.3) is 0 Å². The van der Waals surface area contributed by atoms with Crippen LogP contribution in [0.1, 0.15) is 29.9 Å². The third-order valence-electron chi connectivity index (χ3n) is 4.16. The van der Waals surface area contributed by atoms with Crippen LogP contribution in [0.4, 0.5) is 5.69 Å². The molecule has 19 heavy (non-hydrogen) atoms. The minimum atomic E-state index is -0.265. The van der Waals surface area contributed by atoms with E-state index in [0.29, 0.717) is 6.54 Å². The molecule has 0 spiro atoms. The number of carbonyl (C=O) groups excluding carboxylic acids is 1. The second-order valence-corrected chi connectivity index (χ2v) is 5.67. The van der Waals surface area contributed by atoms with E-state index in [2.05, 4.69) is 35.3 Å². The van der Waals surface area contributed by atoms with Gasteiger partial charge in [0.1, 0.15) is 6.04 Å². The Morgan fingerprint density at radius 1 is 1.42 bits per heavy atom. The average Bonchev–Trinajstić information content (AvgIpc) is 3.24. The SMILES string of the molecule is Cc1ccc(N2CCN[C@H](C(N)=O)C2)cc1C1CC1. The molecule has 1 heterocycles. The highest BCUT2D eigenvalue weighted by Crippen LogP contribution is 2.42. The van der Waals surface area contributed by atoms with Gasteiger partial charge in [-0.1, -0.05) is 6.07 Å². The number of primary amides is 1. The first-order chi connectivity index (χ1) is 9.15. The predicted octanol–water partition coefficient (Wildman–Crippen LogP) is 1.14. The fourth-order valence-electron chi connectivity index (χ4n) is 2.83. The number of nitrogens with two attached hydrogens (primary N) is 1. The molecule has 1 saturated carbocycles. The number of nitrogens with one attached hydrogen (secondary N) is 1. The van der Waals surface area contributed by atoms with E-state index in [1.54, 1.807) is 0 Å². The van der Waals surface area contributed by atoms with Gasteiger partial charge in [-0.05, 0) is 48.9 Å². The van der Waals surface area contributed by atoms with Crippen LogP contribution < -0.4 is 16.0 Å². The van der Waals surface area contributed by atoms with Gasteiger partial charge in [-0.15, -0.1) is 0 Å². The maximum absolute atomic E-state index is 11.3. The second kappa shape index (κ2) is 4.85. The number of hydrogen-bond acceptors (Lipinski definition) is 3. The van der Waals surface area contributed by atoms with Crippen LogP contribution >= 0.6 is 0 Å². The molecule has 0 radical (unpaired) electrons. The maximum atomic E-state index is 11.3. The van der Waals surface area contributed by atoms with E-state index in [4.69, 9.17) is 5.73 Å². The zero-order valence-electron chi connectivity index (χ0n) is 11.4. The molecule has 3 rings (SSSR count). The Kier molecular flexibility index (Phi) is 3.19. The number of anilines is 1. The van der Waals surface area contributed by atoms with Gasteiger partial charge < -0.3 is 16.0 Å². The summed E-state index contributed by atoms with van der Waals surface area (Å²) in [6.45, 7) is 4.58. The van der Waals surface area contributed by atoms with Crippen molar-refractivity contribution in [1.82, 2.24) is 5.32 Å². The molecule has 1 aliphatic carbocycles. The molecule has 0 aromatic heterocycles. The molecule has 2 aliphatic rings. The van der Waals surface area contributed by atoms with Crippen LogP contribution in [-0.4, -0.2) is 31.6 Å². The summed E-state index contributed by atoms with van der Waals surface area (Å²) in [5.74, 6) is 0.494. The largest absolute Gasteiger partial charge is 0.368 e. The van der Waals surface area contributed by atoms with Crippen molar-refractivity contribution in [2.24, 2.45) is 5.73 Å². The fraction of sp³-hybridized carbons (Fsp3) is 0.533. The molecule has 0 bridgehead atoms. The molecule has 1 aromatic rings. The minimum Gasteiger partial charge on any atom is -0.368 e. The van der Waals surface area contributed by atoms with Gasteiger partial charge in [0, 0.05) is 25.3 Å². The summed E-state index contributed by atoms with van der Waals surface area (Å²) in [6.07, 6.45) is 2.63. The van der Waals surface area contributed by atoms with E-state index in [1.807, 2.05) is 0 Å². The molecule has 1 saturated heterocycles. The smallest absolute Gasteiger partial charge is 0.236 e. The van der Waals surface area contributed by atoms with Gasteiger partial charge in [-0.25, -0.2) is 0 Å². The van der Waals surface area contributed by atoms with Crippen LogP contribution in [0.25, 0.3) is 0 Å². The molecule has 0 unspecified atom stereocenters. The highest BCUT2D eigenvalue weighted by Gasteiger charge is 2.27. The third-order valence-corrected chi connectivity index (χ3v) is 4.16. The monoisotopic (exact) mass is 259 g/mol. The van der Waals surface area contributed by atoms with Gasteiger partial charge in [-0.2, -0.15) is 0 Å². The highest BCUT2D eigenvalue weighted by molar-refractivity contribution is 5.81. The number of rotatable bonds is 3. The molecule has 2 fully saturated rings. The Labute approximate surface area is 114 Å². The van der Waals surface area contributed by atoms with Gasteiger partial charge in [0.2, 0.25) is 5.91 Å². The minimum absolute atomic E-state index is 0.237. The molecule has 1 amide bonds. The molecule has 102 valence electrons. The Bertz CT molecular complexity index is 496. The number of carbonyl (C=O) groups is 1.